The molecular weight excluding hydrogens is 397 g/mol. The number of hydrogen-bond acceptors (Lipinski definition) is 4. The van der Waals surface area contributed by atoms with Gasteiger partial charge in [0.1, 0.15) is 5.82 Å². The quantitative estimate of drug-likeness (QED) is 0.571. The maximum Gasteiger partial charge on any atom is 0.255 e. The fraction of sp³-hybridized carbons (Fsp3) is 0.261. The molecule has 1 fully saturated rings. The molecule has 0 atom stereocenters. The molecule has 3 aromatic rings. The second-order valence-electron chi connectivity index (χ2n) is 7.60. The molecular formula is C23H24FN5O2. The van der Waals surface area contributed by atoms with Gasteiger partial charge in [0.15, 0.2) is 0 Å². The first kappa shape index (κ1) is 20.7. The predicted molar refractivity (Wildman–Crippen MR) is 116 cm³/mol. The molecule has 0 saturated carbocycles. The third-order valence-corrected chi connectivity index (χ3v) is 5.36. The van der Waals surface area contributed by atoms with E-state index < -0.39 is 0 Å². The van der Waals surface area contributed by atoms with E-state index in [2.05, 4.69) is 25.7 Å². The first-order valence-electron chi connectivity index (χ1n) is 10.3. The van der Waals surface area contributed by atoms with Crippen LogP contribution in [0.25, 0.3) is 11.3 Å². The van der Waals surface area contributed by atoms with Crippen molar-refractivity contribution in [2.45, 2.75) is 18.9 Å². The molecule has 4 rings (SSSR count). The normalized spacial score (nSPS) is 14.9. The van der Waals surface area contributed by atoms with Crippen LogP contribution in [-0.2, 0) is 4.79 Å². The van der Waals surface area contributed by atoms with Crippen LogP contribution in [0.15, 0.2) is 60.8 Å². The van der Waals surface area contributed by atoms with Gasteiger partial charge in [-0.1, -0.05) is 18.2 Å². The Balaban J connectivity index is 1.28. The summed E-state index contributed by atoms with van der Waals surface area (Å²) in [6.45, 7) is 1.78. The molecule has 1 aromatic heterocycles. The van der Waals surface area contributed by atoms with Crippen LogP contribution in [-0.4, -0.2) is 52.6 Å². The summed E-state index contributed by atoms with van der Waals surface area (Å²) in [6, 6.07) is 15.3. The number of para-hydroxylation sites is 1. The number of H-pyrrole nitrogens is 1. The van der Waals surface area contributed by atoms with E-state index in [0.717, 1.165) is 31.6 Å². The molecule has 0 aliphatic carbocycles. The Morgan fingerprint density at radius 2 is 1.77 bits per heavy atom. The zero-order valence-corrected chi connectivity index (χ0v) is 17.0. The van der Waals surface area contributed by atoms with Crippen LogP contribution < -0.4 is 10.6 Å². The number of rotatable bonds is 6. The van der Waals surface area contributed by atoms with Gasteiger partial charge in [0.05, 0.1) is 24.0 Å². The van der Waals surface area contributed by atoms with Crippen LogP contribution in [0.2, 0.25) is 0 Å². The van der Waals surface area contributed by atoms with Gasteiger partial charge in [-0.15, -0.1) is 0 Å². The summed E-state index contributed by atoms with van der Waals surface area (Å²) in [5, 5.41) is 12.8. The van der Waals surface area contributed by atoms with E-state index in [1.165, 1.54) is 18.3 Å². The third kappa shape index (κ3) is 5.35. The number of halogens is 1. The Hall–Kier alpha value is -3.52. The summed E-state index contributed by atoms with van der Waals surface area (Å²) in [7, 11) is 0. The predicted octanol–water partition coefficient (Wildman–Crippen LogP) is 3.05. The number of hydrogen-bond donors (Lipinski definition) is 3. The number of nitrogens with zero attached hydrogens (tertiary/aromatic N) is 2. The highest BCUT2D eigenvalue weighted by Crippen LogP contribution is 2.22. The highest BCUT2D eigenvalue weighted by atomic mass is 19.1. The SMILES string of the molecule is O=C(CN1CCC(NC(=O)c2cn[nH]c2-c2ccc(F)cc2)CC1)Nc1ccccc1. The number of amides is 2. The summed E-state index contributed by atoms with van der Waals surface area (Å²) in [5.41, 5.74) is 2.47. The summed E-state index contributed by atoms with van der Waals surface area (Å²) in [4.78, 5) is 27.1. The van der Waals surface area contributed by atoms with Gasteiger partial charge in [-0.05, 0) is 49.2 Å². The van der Waals surface area contributed by atoms with Gasteiger partial charge in [0.25, 0.3) is 5.91 Å². The summed E-state index contributed by atoms with van der Waals surface area (Å²) < 4.78 is 13.2. The second-order valence-corrected chi connectivity index (χ2v) is 7.60. The maximum atomic E-state index is 13.2. The molecule has 0 unspecified atom stereocenters. The molecule has 8 heteroatoms. The number of anilines is 1. The molecule has 2 heterocycles. The minimum absolute atomic E-state index is 0.0249. The van der Waals surface area contributed by atoms with Crippen LogP contribution in [0.4, 0.5) is 10.1 Å². The topological polar surface area (TPSA) is 90.1 Å². The minimum atomic E-state index is -0.335. The van der Waals surface area contributed by atoms with Crippen LogP contribution in [0.1, 0.15) is 23.2 Å². The molecule has 0 bridgehead atoms. The van der Waals surface area contributed by atoms with E-state index in [1.807, 2.05) is 30.3 Å². The van der Waals surface area contributed by atoms with Crippen LogP contribution >= 0.6 is 0 Å². The number of aromatic amines is 1. The fourth-order valence-electron chi connectivity index (χ4n) is 3.72. The van der Waals surface area contributed by atoms with Crippen LogP contribution in [0.5, 0.6) is 0 Å². The fourth-order valence-corrected chi connectivity index (χ4v) is 3.72. The lowest BCUT2D eigenvalue weighted by molar-refractivity contribution is -0.117. The highest BCUT2D eigenvalue weighted by molar-refractivity contribution is 5.99. The van der Waals surface area contributed by atoms with E-state index in [1.54, 1.807) is 12.1 Å². The summed E-state index contributed by atoms with van der Waals surface area (Å²) >= 11 is 0. The molecule has 1 aliphatic rings. The van der Waals surface area contributed by atoms with Crippen molar-refractivity contribution in [1.29, 1.82) is 0 Å². The Kier molecular flexibility index (Phi) is 6.37. The van der Waals surface area contributed by atoms with Crippen LogP contribution in [0.3, 0.4) is 0 Å². The van der Waals surface area contributed by atoms with Crippen molar-refractivity contribution in [3.8, 4) is 11.3 Å². The zero-order chi connectivity index (χ0) is 21.6. The zero-order valence-electron chi connectivity index (χ0n) is 17.0. The Morgan fingerprint density at radius 1 is 1.06 bits per heavy atom. The summed E-state index contributed by atoms with van der Waals surface area (Å²) in [5.74, 6) is -0.595. The Morgan fingerprint density at radius 3 is 2.48 bits per heavy atom. The Labute approximate surface area is 179 Å². The van der Waals surface area contributed by atoms with E-state index in [4.69, 9.17) is 0 Å². The number of likely N-dealkylation sites (tertiary alicyclic amines) is 1. The van der Waals surface area contributed by atoms with E-state index in [9.17, 15) is 14.0 Å². The number of carbonyl (C=O) groups is 2. The molecule has 0 spiro atoms. The first-order chi connectivity index (χ1) is 15.1. The van der Waals surface area contributed by atoms with E-state index in [-0.39, 0.29) is 23.7 Å². The van der Waals surface area contributed by atoms with E-state index in [0.29, 0.717) is 23.4 Å². The van der Waals surface area contributed by atoms with Gasteiger partial charge in [0, 0.05) is 30.4 Å². The lowest BCUT2D eigenvalue weighted by Crippen LogP contribution is -2.46. The van der Waals surface area contributed by atoms with Crippen molar-refractivity contribution in [2.24, 2.45) is 0 Å². The minimum Gasteiger partial charge on any atom is -0.349 e. The standard InChI is InChI=1S/C23H24FN5O2/c24-17-8-6-16(7-9-17)22-20(14-25-28-22)23(31)27-19-10-12-29(13-11-19)15-21(30)26-18-4-2-1-3-5-18/h1-9,14,19H,10-13,15H2,(H,25,28)(H,26,30)(H,27,31). The van der Waals surface area contributed by atoms with Crippen molar-refractivity contribution in [3.05, 3.63) is 72.2 Å². The molecule has 1 aliphatic heterocycles. The Bertz CT molecular complexity index is 1030. The van der Waals surface area contributed by atoms with Crippen LogP contribution in [0, 0.1) is 5.82 Å². The maximum absolute atomic E-state index is 13.2. The lowest BCUT2D eigenvalue weighted by Gasteiger charge is -2.31. The molecule has 3 N–H and O–H groups in total. The highest BCUT2D eigenvalue weighted by Gasteiger charge is 2.24. The molecule has 7 nitrogen and oxygen atoms in total. The van der Waals surface area contributed by atoms with Crippen molar-refractivity contribution in [2.75, 3.05) is 25.0 Å². The number of carbonyl (C=O) groups excluding carboxylic acids is 2. The molecule has 2 aromatic carbocycles. The average molecular weight is 421 g/mol. The van der Waals surface area contributed by atoms with Gasteiger partial charge >= 0.3 is 0 Å². The van der Waals surface area contributed by atoms with E-state index >= 15 is 0 Å². The van der Waals surface area contributed by atoms with Crippen molar-refractivity contribution < 1.29 is 14.0 Å². The third-order valence-electron chi connectivity index (χ3n) is 5.36. The monoisotopic (exact) mass is 421 g/mol. The first-order valence-corrected chi connectivity index (χ1v) is 10.3. The largest absolute Gasteiger partial charge is 0.349 e. The molecule has 2 amide bonds. The van der Waals surface area contributed by atoms with Crippen molar-refractivity contribution in [1.82, 2.24) is 20.4 Å². The lowest BCUT2D eigenvalue weighted by atomic mass is 10.0. The molecule has 0 radical (unpaired) electrons. The number of benzene rings is 2. The number of nitrogens with one attached hydrogen (secondary N) is 3. The summed E-state index contributed by atoms with van der Waals surface area (Å²) in [6.07, 6.45) is 3.00. The number of aromatic nitrogens is 2. The van der Waals surface area contributed by atoms with Gasteiger partial charge in [-0.2, -0.15) is 5.10 Å². The molecule has 1 saturated heterocycles. The molecule has 31 heavy (non-hydrogen) atoms. The second kappa shape index (κ2) is 9.53. The average Bonchev–Trinajstić information content (AvgIpc) is 3.26. The molecule has 160 valence electrons. The van der Waals surface area contributed by atoms with Gasteiger partial charge < -0.3 is 10.6 Å². The van der Waals surface area contributed by atoms with Crippen molar-refractivity contribution >= 4 is 17.5 Å². The van der Waals surface area contributed by atoms with Gasteiger partial charge in [0.2, 0.25) is 5.91 Å². The van der Waals surface area contributed by atoms with Gasteiger partial charge in [-0.25, -0.2) is 4.39 Å². The smallest absolute Gasteiger partial charge is 0.255 e. The number of piperidine rings is 1. The van der Waals surface area contributed by atoms with Crippen molar-refractivity contribution in [3.63, 3.8) is 0 Å². The van der Waals surface area contributed by atoms with Gasteiger partial charge in [-0.3, -0.25) is 19.6 Å².